The van der Waals surface area contributed by atoms with Crippen molar-refractivity contribution in [2.75, 3.05) is 20.1 Å². The van der Waals surface area contributed by atoms with Crippen molar-refractivity contribution in [3.8, 4) is 0 Å². The Morgan fingerprint density at radius 3 is 2.44 bits per heavy atom. The third kappa shape index (κ3) is 5.65. The highest BCUT2D eigenvalue weighted by atomic mass is 15.1. The molecule has 18 heavy (non-hydrogen) atoms. The standard InChI is InChI=1S/C16H28N2/c1-13-7-8-14(2)15(11-13)12-18(6)10-9-17-16(3,4)5/h7-8,11,17H,9-10,12H2,1-6H3. The van der Waals surface area contributed by atoms with E-state index in [0.717, 1.165) is 19.6 Å². The summed E-state index contributed by atoms with van der Waals surface area (Å²) in [4.78, 5) is 2.38. The van der Waals surface area contributed by atoms with Crippen molar-refractivity contribution in [2.24, 2.45) is 0 Å². The summed E-state index contributed by atoms with van der Waals surface area (Å²) in [6.45, 7) is 14.1. The molecule has 0 saturated heterocycles. The number of nitrogens with zero attached hydrogens (tertiary/aromatic N) is 1. The Balaban J connectivity index is 2.44. The first kappa shape index (κ1) is 15.2. The number of rotatable bonds is 5. The molecule has 1 aromatic rings. The predicted molar refractivity (Wildman–Crippen MR) is 80.0 cm³/mol. The number of likely N-dealkylation sites (N-methyl/N-ethyl adjacent to an activating group) is 1. The van der Waals surface area contributed by atoms with Crippen LogP contribution in [-0.4, -0.2) is 30.6 Å². The molecule has 0 aromatic heterocycles. The zero-order valence-corrected chi connectivity index (χ0v) is 12.8. The van der Waals surface area contributed by atoms with Crippen molar-refractivity contribution >= 4 is 0 Å². The molecule has 2 nitrogen and oxygen atoms in total. The minimum absolute atomic E-state index is 0.208. The lowest BCUT2D eigenvalue weighted by Crippen LogP contribution is -2.40. The Morgan fingerprint density at radius 2 is 1.83 bits per heavy atom. The average molecular weight is 248 g/mol. The third-order valence-electron chi connectivity index (χ3n) is 3.09. The normalized spacial score (nSPS) is 12.2. The molecule has 102 valence electrons. The van der Waals surface area contributed by atoms with E-state index < -0.39 is 0 Å². The van der Waals surface area contributed by atoms with E-state index in [0.29, 0.717) is 0 Å². The van der Waals surface area contributed by atoms with Crippen LogP contribution in [0.15, 0.2) is 18.2 Å². The number of aryl methyl sites for hydroxylation is 2. The van der Waals surface area contributed by atoms with E-state index >= 15 is 0 Å². The van der Waals surface area contributed by atoms with Crippen LogP contribution in [-0.2, 0) is 6.54 Å². The molecular formula is C16H28N2. The second-order valence-corrected chi connectivity index (χ2v) is 6.34. The highest BCUT2D eigenvalue weighted by Gasteiger charge is 2.09. The molecule has 1 N–H and O–H groups in total. The molecule has 0 amide bonds. The molecule has 0 unspecified atom stereocenters. The van der Waals surface area contributed by atoms with Crippen LogP contribution in [0.25, 0.3) is 0 Å². The Bertz CT molecular complexity index is 377. The first-order valence-electron chi connectivity index (χ1n) is 6.77. The Hall–Kier alpha value is -0.860. The molecule has 0 bridgehead atoms. The summed E-state index contributed by atoms with van der Waals surface area (Å²) in [5.74, 6) is 0. The smallest absolute Gasteiger partial charge is 0.0233 e. The van der Waals surface area contributed by atoms with Gasteiger partial charge in [0.1, 0.15) is 0 Å². The summed E-state index contributed by atoms with van der Waals surface area (Å²) in [7, 11) is 2.19. The SMILES string of the molecule is Cc1ccc(C)c(CN(C)CCNC(C)(C)C)c1. The topological polar surface area (TPSA) is 15.3 Å². The van der Waals surface area contributed by atoms with Crippen LogP contribution in [0.5, 0.6) is 0 Å². The van der Waals surface area contributed by atoms with Gasteiger partial charge in [0.25, 0.3) is 0 Å². The first-order chi connectivity index (χ1) is 8.28. The van der Waals surface area contributed by atoms with E-state index in [1.165, 1.54) is 16.7 Å². The van der Waals surface area contributed by atoms with Gasteiger partial charge in [0.15, 0.2) is 0 Å². The molecular weight excluding hydrogens is 220 g/mol. The van der Waals surface area contributed by atoms with Crippen molar-refractivity contribution in [3.05, 3.63) is 34.9 Å². The lowest BCUT2D eigenvalue weighted by Gasteiger charge is -2.24. The fourth-order valence-electron chi connectivity index (χ4n) is 1.96. The molecule has 2 heteroatoms. The van der Waals surface area contributed by atoms with Gasteiger partial charge in [-0.3, -0.25) is 0 Å². The zero-order valence-electron chi connectivity index (χ0n) is 12.8. The van der Waals surface area contributed by atoms with Gasteiger partial charge in [0.2, 0.25) is 0 Å². The van der Waals surface area contributed by atoms with Crippen molar-refractivity contribution in [2.45, 2.75) is 46.7 Å². The van der Waals surface area contributed by atoms with Crippen LogP contribution >= 0.6 is 0 Å². The van der Waals surface area contributed by atoms with E-state index in [-0.39, 0.29) is 5.54 Å². The van der Waals surface area contributed by atoms with Crippen LogP contribution < -0.4 is 5.32 Å². The molecule has 1 rings (SSSR count). The fourth-order valence-corrected chi connectivity index (χ4v) is 1.96. The van der Waals surface area contributed by atoms with Gasteiger partial charge < -0.3 is 10.2 Å². The number of hydrogen-bond acceptors (Lipinski definition) is 2. The van der Waals surface area contributed by atoms with Crippen molar-refractivity contribution < 1.29 is 0 Å². The Labute approximate surface area is 112 Å². The molecule has 0 radical (unpaired) electrons. The summed E-state index contributed by atoms with van der Waals surface area (Å²) >= 11 is 0. The van der Waals surface area contributed by atoms with Gasteiger partial charge in [-0.1, -0.05) is 23.8 Å². The van der Waals surface area contributed by atoms with Gasteiger partial charge in [-0.05, 0) is 52.8 Å². The zero-order chi connectivity index (χ0) is 13.8. The molecule has 1 aromatic carbocycles. The summed E-state index contributed by atoms with van der Waals surface area (Å²) in [6, 6.07) is 6.69. The maximum Gasteiger partial charge on any atom is 0.0233 e. The Kier molecular flexibility index (Phi) is 5.36. The van der Waals surface area contributed by atoms with Gasteiger partial charge in [0, 0.05) is 25.2 Å². The second kappa shape index (κ2) is 6.35. The summed E-state index contributed by atoms with van der Waals surface area (Å²) in [5.41, 5.74) is 4.38. The quantitative estimate of drug-likeness (QED) is 0.861. The fraction of sp³-hybridized carbons (Fsp3) is 0.625. The van der Waals surface area contributed by atoms with Crippen LogP contribution in [0.4, 0.5) is 0 Å². The van der Waals surface area contributed by atoms with Crippen molar-refractivity contribution in [1.82, 2.24) is 10.2 Å². The monoisotopic (exact) mass is 248 g/mol. The third-order valence-corrected chi connectivity index (χ3v) is 3.09. The predicted octanol–water partition coefficient (Wildman–Crippen LogP) is 3.12. The Morgan fingerprint density at radius 1 is 1.17 bits per heavy atom. The van der Waals surface area contributed by atoms with E-state index in [2.05, 4.69) is 70.1 Å². The summed E-state index contributed by atoms with van der Waals surface area (Å²) < 4.78 is 0. The molecule has 0 heterocycles. The van der Waals surface area contributed by atoms with E-state index in [1.54, 1.807) is 0 Å². The molecule has 0 aliphatic heterocycles. The van der Waals surface area contributed by atoms with Gasteiger partial charge in [-0.25, -0.2) is 0 Å². The largest absolute Gasteiger partial charge is 0.311 e. The molecule has 0 spiro atoms. The highest BCUT2D eigenvalue weighted by molar-refractivity contribution is 5.30. The van der Waals surface area contributed by atoms with E-state index in [1.807, 2.05) is 0 Å². The van der Waals surface area contributed by atoms with Gasteiger partial charge in [-0.15, -0.1) is 0 Å². The van der Waals surface area contributed by atoms with Crippen molar-refractivity contribution in [3.63, 3.8) is 0 Å². The van der Waals surface area contributed by atoms with Gasteiger partial charge in [-0.2, -0.15) is 0 Å². The van der Waals surface area contributed by atoms with E-state index in [9.17, 15) is 0 Å². The minimum atomic E-state index is 0.208. The average Bonchev–Trinajstić information content (AvgIpc) is 2.21. The van der Waals surface area contributed by atoms with Crippen LogP contribution in [0, 0.1) is 13.8 Å². The number of nitrogens with one attached hydrogen (secondary N) is 1. The lowest BCUT2D eigenvalue weighted by atomic mass is 10.1. The highest BCUT2D eigenvalue weighted by Crippen LogP contribution is 2.12. The van der Waals surface area contributed by atoms with Gasteiger partial charge >= 0.3 is 0 Å². The lowest BCUT2D eigenvalue weighted by molar-refractivity contribution is 0.303. The minimum Gasteiger partial charge on any atom is -0.311 e. The second-order valence-electron chi connectivity index (χ2n) is 6.34. The number of hydrogen-bond donors (Lipinski definition) is 1. The first-order valence-corrected chi connectivity index (χ1v) is 6.77. The van der Waals surface area contributed by atoms with Crippen LogP contribution in [0.1, 0.15) is 37.5 Å². The van der Waals surface area contributed by atoms with Crippen LogP contribution in [0.3, 0.4) is 0 Å². The summed E-state index contributed by atoms with van der Waals surface area (Å²) in [6.07, 6.45) is 0. The summed E-state index contributed by atoms with van der Waals surface area (Å²) in [5, 5.41) is 3.52. The maximum atomic E-state index is 3.52. The molecule has 0 saturated carbocycles. The van der Waals surface area contributed by atoms with Crippen molar-refractivity contribution in [1.29, 1.82) is 0 Å². The molecule has 0 aliphatic carbocycles. The molecule has 0 atom stereocenters. The molecule has 0 fully saturated rings. The van der Waals surface area contributed by atoms with Crippen LogP contribution in [0.2, 0.25) is 0 Å². The number of benzene rings is 1. The molecule has 0 aliphatic rings. The maximum absolute atomic E-state index is 3.52. The van der Waals surface area contributed by atoms with Gasteiger partial charge in [0.05, 0.1) is 0 Å². The van der Waals surface area contributed by atoms with E-state index in [4.69, 9.17) is 0 Å².